The van der Waals surface area contributed by atoms with Crippen molar-refractivity contribution >= 4 is 17.8 Å². The Morgan fingerprint density at radius 2 is 1.31 bits per heavy atom. The zero-order valence-electron chi connectivity index (χ0n) is 17.7. The Bertz CT molecular complexity index is 1270. The Morgan fingerprint density at radius 1 is 0.688 bits per heavy atom. The summed E-state index contributed by atoms with van der Waals surface area (Å²) in [7, 11) is 0. The predicted octanol–water partition coefficient (Wildman–Crippen LogP) is 6.78. The minimum absolute atomic E-state index is 0.121. The molecule has 0 spiro atoms. The molecular formula is C29H22O3. The molecule has 0 aromatic heterocycles. The number of aryl methyl sites for hydroxylation is 1. The highest BCUT2D eigenvalue weighted by molar-refractivity contribution is 6.07. The van der Waals surface area contributed by atoms with Gasteiger partial charge in [0.15, 0.2) is 5.78 Å². The molecule has 0 radical (unpaired) electrons. The molecule has 0 bridgehead atoms. The normalized spacial score (nSPS) is 10.8. The molecule has 0 aliphatic rings. The van der Waals surface area contributed by atoms with Crippen molar-refractivity contribution in [1.29, 1.82) is 0 Å². The average molecular weight is 418 g/mol. The van der Waals surface area contributed by atoms with Crippen molar-refractivity contribution in [3.8, 4) is 16.9 Å². The Kier molecular flexibility index (Phi) is 6.38. The molecule has 0 saturated heterocycles. The maximum atomic E-state index is 12.7. The molecule has 0 heterocycles. The molecular weight excluding hydrogens is 396 g/mol. The van der Waals surface area contributed by atoms with Crippen LogP contribution >= 0.6 is 0 Å². The first-order chi connectivity index (χ1) is 15.6. The third-order valence-electron chi connectivity index (χ3n) is 5.18. The summed E-state index contributed by atoms with van der Waals surface area (Å²) in [6.45, 7) is 1.87. The summed E-state index contributed by atoms with van der Waals surface area (Å²) in [5, 5.41) is 0. The molecule has 4 aromatic carbocycles. The first-order valence-corrected chi connectivity index (χ1v) is 10.4. The Balaban J connectivity index is 1.49. The molecule has 156 valence electrons. The van der Waals surface area contributed by atoms with Gasteiger partial charge >= 0.3 is 5.97 Å². The molecule has 0 N–H and O–H groups in total. The van der Waals surface area contributed by atoms with Crippen LogP contribution in [0.25, 0.3) is 17.2 Å². The molecule has 0 aliphatic carbocycles. The van der Waals surface area contributed by atoms with E-state index in [0.29, 0.717) is 22.4 Å². The van der Waals surface area contributed by atoms with E-state index in [9.17, 15) is 9.59 Å². The lowest BCUT2D eigenvalue weighted by atomic mass is 10.0. The minimum Gasteiger partial charge on any atom is -0.422 e. The monoisotopic (exact) mass is 418 g/mol. The Morgan fingerprint density at radius 3 is 2.06 bits per heavy atom. The molecule has 0 atom stereocenters. The summed E-state index contributed by atoms with van der Waals surface area (Å²) in [4.78, 5) is 25.3. The molecule has 3 nitrogen and oxygen atoms in total. The van der Waals surface area contributed by atoms with Gasteiger partial charge in [0, 0.05) is 11.1 Å². The average Bonchev–Trinajstić information content (AvgIpc) is 2.84. The van der Waals surface area contributed by atoms with Crippen LogP contribution in [-0.4, -0.2) is 11.8 Å². The minimum atomic E-state index is -0.424. The van der Waals surface area contributed by atoms with Crippen LogP contribution in [0.15, 0.2) is 109 Å². The third kappa shape index (κ3) is 4.90. The molecule has 4 rings (SSSR count). The molecule has 32 heavy (non-hydrogen) atoms. The number of carbonyl (C=O) groups is 2. The lowest BCUT2D eigenvalue weighted by Gasteiger charge is -2.09. The van der Waals surface area contributed by atoms with Crippen LogP contribution in [0.1, 0.15) is 31.8 Å². The van der Waals surface area contributed by atoms with E-state index < -0.39 is 5.97 Å². The predicted molar refractivity (Wildman–Crippen MR) is 128 cm³/mol. The summed E-state index contributed by atoms with van der Waals surface area (Å²) in [6, 6.07) is 32.0. The van der Waals surface area contributed by atoms with Crippen molar-refractivity contribution in [1.82, 2.24) is 0 Å². The van der Waals surface area contributed by atoms with Gasteiger partial charge in [-0.3, -0.25) is 4.79 Å². The second kappa shape index (κ2) is 9.71. The van der Waals surface area contributed by atoms with Crippen molar-refractivity contribution in [2.75, 3.05) is 0 Å². The number of hydrogen-bond acceptors (Lipinski definition) is 3. The second-order valence-corrected chi connectivity index (χ2v) is 7.38. The number of ketones is 1. The fourth-order valence-corrected chi connectivity index (χ4v) is 3.39. The summed E-state index contributed by atoms with van der Waals surface area (Å²) in [5.74, 6) is -0.138. The molecule has 0 unspecified atom stereocenters. The van der Waals surface area contributed by atoms with E-state index in [4.69, 9.17) is 4.74 Å². The highest BCUT2D eigenvalue weighted by Crippen LogP contribution is 2.23. The summed E-state index contributed by atoms with van der Waals surface area (Å²) in [5.41, 5.74) is 4.77. The molecule has 0 aliphatic heterocycles. The zero-order chi connectivity index (χ0) is 22.3. The van der Waals surface area contributed by atoms with Gasteiger partial charge in [0.05, 0.1) is 5.56 Å². The Hall–Kier alpha value is -4.24. The van der Waals surface area contributed by atoms with E-state index in [1.54, 1.807) is 30.3 Å². The molecule has 0 amide bonds. The van der Waals surface area contributed by atoms with Crippen molar-refractivity contribution in [3.05, 3.63) is 131 Å². The number of ether oxygens (including phenoxy) is 1. The van der Waals surface area contributed by atoms with E-state index in [0.717, 1.165) is 16.7 Å². The molecule has 3 heteroatoms. The number of carbonyl (C=O) groups excluding carboxylic acids is 2. The topological polar surface area (TPSA) is 43.4 Å². The molecule has 0 fully saturated rings. The smallest absolute Gasteiger partial charge is 0.343 e. The maximum absolute atomic E-state index is 12.7. The van der Waals surface area contributed by atoms with E-state index in [1.807, 2.05) is 85.8 Å². The van der Waals surface area contributed by atoms with Crippen LogP contribution in [-0.2, 0) is 0 Å². The fraction of sp³-hybridized carbons (Fsp3) is 0.0345. The maximum Gasteiger partial charge on any atom is 0.343 e. The first kappa shape index (κ1) is 21.0. The lowest BCUT2D eigenvalue weighted by molar-refractivity contribution is 0.0733. The van der Waals surface area contributed by atoms with Crippen molar-refractivity contribution in [2.45, 2.75) is 6.92 Å². The van der Waals surface area contributed by atoms with Crippen molar-refractivity contribution < 1.29 is 14.3 Å². The number of para-hydroxylation sites is 1. The van der Waals surface area contributed by atoms with E-state index in [2.05, 4.69) is 0 Å². The largest absolute Gasteiger partial charge is 0.422 e. The van der Waals surface area contributed by atoms with Gasteiger partial charge in [-0.25, -0.2) is 4.79 Å². The van der Waals surface area contributed by atoms with Gasteiger partial charge in [-0.05, 0) is 47.9 Å². The Labute approximate surface area is 187 Å². The number of hydrogen-bond donors (Lipinski definition) is 0. The standard InChI is InChI=1S/C29H22O3/c1-21-9-5-7-13-26(21)29(31)32-28-14-8-6-12-25(28)19-20-27(30)24-17-15-23(16-18-24)22-10-3-2-4-11-22/h2-20H,1H3. The first-order valence-electron chi connectivity index (χ1n) is 10.4. The van der Waals surface area contributed by atoms with Crippen LogP contribution in [0, 0.1) is 6.92 Å². The zero-order valence-corrected chi connectivity index (χ0v) is 17.7. The van der Waals surface area contributed by atoms with Crippen LogP contribution < -0.4 is 4.74 Å². The SMILES string of the molecule is Cc1ccccc1C(=O)Oc1ccccc1C=CC(=O)c1ccc(-c2ccccc2)cc1. The van der Waals surface area contributed by atoms with Crippen LogP contribution in [0.2, 0.25) is 0 Å². The van der Waals surface area contributed by atoms with Gasteiger partial charge < -0.3 is 4.74 Å². The third-order valence-corrected chi connectivity index (χ3v) is 5.18. The van der Waals surface area contributed by atoms with Crippen LogP contribution in [0.3, 0.4) is 0 Å². The lowest BCUT2D eigenvalue weighted by Crippen LogP contribution is -2.10. The molecule has 4 aromatic rings. The number of esters is 1. The van der Waals surface area contributed by atoms with E-state index in [-0.39, 0.29) is 5.78 Å². The van der Waals surface area contributed by atoms with Crippen molar-refractivity contribution in [2.24, 2.45) is 0 Å². The fourth-order valence-electron chi connectivity index (χ4n) is 3.39. The summed E-state index contributed by atoms with van der Waals surface area (Å²) in [6.07, 6.45) is 3.17. The highest BCUT2D eigenvalue weighted by atomic mass is 16.5. The van der Waals surface area contributed by atoms with Crippen LogP contribution in [0.4, 0.5) is 0 Å². The van der Waals surface area contributed by atoms with Gasteiger partial charge in [0.25, 0.3) is 0 Å². The number of benzene rings is 4. The van der Waals surface area contributed by atoms with Crippen molar-refractivity contribution in [3.63, 3.8) is 0 Å². The highest BCUT2D eigenvalue weighted by Gasteiger charge is 2.13. The summed E-state index contributed by atoms with van der Waals surface area (Å²) < 4.78 is 5.61. The summed E-state index contributed by atoms with van der Waals surface area (Å²) >= 11 is 0. The van der Waals surface area contributed by atoms with Gasteiger partial charge in [-0.1, -0.05) is 91.0 Å². The number of rotatable bonds is 6. The quantitative estimate of drug-likeness (QED) is 0.150. The van der Waals surface area contributed by atoms with Crippen LogP contribution in [0.5, 0.6) is 5.75 Å². The van der Waals surface area contributed by atoms with Gasteiger partial charge in [0.2, 0.25) is 0 Å². The van der Waals surface area contributed by atoms with E-state index >= 15 is 0 Å². The second-order valence-electron chi connectivity index (χ2n) is 7.38. The van der Waals surface area contributed by atoms with Gasteiger partial charge in [-0.15, -0.1) is 0 Å². The molecule has 0 saturated carbocycles. The van der Waals surface area contributed by atoms with Gasteiger partial charge in [0.1, 0.15) is 5.75 Å². The number of allylic oxidation sites excluding steroid dienone is 1. The van der Waals surface area contributed by atoms with E-state index in [1.165, 1.54) is 6.08 Å². The van der Waals surface area contributed by atoms with Gasteiger partial charge in [-0.2, -0.15) is 0 Å².